The van der Waals surface area contributed by atoms with Gasteiger partial charge < -0.3 is 4.43 Å². The normalized spacial score (nSPS) is 19.9. The number of hydrogen-bond acceptors (Lipinski definition) is 2. The monoisotopic (exact) mass is 339 g/mol. The Balaban J connectivity index is 2.34. The first-order valence-electron chi connectivity index (χ1n) is 8.29. The van der Waals surface area contributed by atoms with E-state index >= 15 is 0 Å². The van der Waals surface area contributed by atoms with Crippen LogP contribution in [0.25, 0.3) is 0 Å². The van der Waals surface area contributed by atoms with Crippen LogP contribution in [0.1, 0.15) is 64.6 Å². The first kappa shape index (κ1) is 18.0. The van der Waals surface area contributed by atoms with Crippen molar-refractivity contribution in [3.63, 3.8) is 0 Å². The quantitative estimate of drug-likeness (QED) is 0.501. The van der Waals surface area contributed by atoms with Gasteiger partial charge in [0.05, 0.1) is 11.3 Å². The zero-order valence-electron chi connectivity index (χ0n) is 15.1. The van der Waals surface area contributed by atoms with E-state index in [1.807, 2.05) is 6.07 Å². The lowest BCUT2D eigenvalue weighted by atomic mass is 9.77. The van der Waals surface area contributed by atoms with E-state index in [4.69, 9.17) is 16.0 Å². The van der Waals surface area contributed by atoms with Crippen LogP contribution in [0.2, 0.25) is 23.3 Å². The number of aryl methyl sites for hydroxylation is 1. The third kappa shape index (κ3) is 3.57. The van der Waals surface area contributed by atoms with E-state index in [0.717, 1.165) is 18.5 Å². The van der Waals surface area contributed by atoms with Crippen LogP contribution in [0.15, 0.2) is 12.1 Å². The van der Waals surface area contributed by atoms with Crippen molar-refractivity contribution in [1.29, 1.82) is 0 Å². The minimum Gasteiger partial charge on any atom is -0.411 e. The molecule has 0 saturated heterocycles. The van der Waals surface area contributed by atoms with E-state index in [0.29, 0.717) is 11.1 Å². The van der Waals surface area contributed by atoms with Gasteiger partial charge in [-0.15, -0.1) is 0 Å². The van der Waals surface area contributed by atoms with Crippen LogP contribution in [0.4, 0.5) is 0 Å². The summed E-state index contributed by atoms with van der Waals surface area (Å²) in [6, 6.07) is 4.05. The van der Waals surface area contributed by atoms with Gasteiger partial charge in [0.25, 0.3) is 0 Å². The minimum absolute atomic E-state index is 0.212. The van der Waals surface area contributed by atoms with Crippen LogP contribution in [-0.4, -0.2) is 18.9 Å². The lowest BCUT2D eigenvalue weighted by molar-refractivity contribution is 0.0536. The van der Waals surface area contributed by atoms with Gasteiger partial charge in [-0.1, -0.05) is 38.4 Å². The van der Waals surface area contributed by atoms with Crippen molar-refractivity contribution in [3.05, 3.63) is 28.5 Å². The number of hydrogen-bond donors (Lipinski definition) is 0. The van der Waals surface area contributed by atoms with Gasteiger partial charge in [0.15, 0.2) is 8.32 Å². The molecule has 0 radical (unpaired) electrons. The van der Waals surface area contributed by atoms with Crippen LogP contribution in [0.5, 0.6) is 0 Å². The Kier molecular flexibility index (Phi) is 4.83. The van der Waals surface area contributed by atoms with Crippen molar-refractivity contribution in [3.8, 4) is 0 Å². The highest BCUT2D eigenvalue weighted by atomic mass is 35.5. The molecule has 0 amide bonds. The van der Waals surface area contributed by atoms with Gasteiger partial charge in [0.2, 0.25) is 0 Å². The highest BCUT2D eigenvalue weighted by Gasteiger charge is 2.45. The number of aromatic nitrogens is 1. The molecule has 0 bridgehead atoms. The average molecular weight is 340 g/mol. The molecule has 2 nitrogen and oxygen atoms in total. The average Bonchev–Trinajstić information content (AvgIpc) is 2.35. The van der Waals surface area contributed by atoms with E-state index in [-0.39, 0.29) is 10.6 Å². The predicted molar refractivity (Wildman–Crippen MR) is 97.3 cm³/mol. The summed E-state index contributed by atoms with van der Waals surface area (Å²) in [7, 11) is -1.82. The summed E-state index contributed by atoms with van der Waals surface area (Å²) in [6.45, 7) is 16.0. The molecule has 124 valence electrons. The van der Waals surface area contributed by atoms with Gasteiger partial charge in [0, 0.05) is 5.92 Å². The Labute approximate surface area is 141 Å². The van der Waals surface area contributed by atoms with Crippen molar-refractivity contribution < 1.29 is 4.43 Å². The minimum atomic E-state index is -1.82. The second-order valence-electron chi connectivity index (χ2n) is 8.59. The molecule has 0 aromatic carbocycles. The highest BCUT2D eigenvalue weighted by molar-refractivity contribution is 6.74. The Bertz CT molecular complexity index is 549. The molecule has 0 saturated carbocycles. The summed E-state index contributed by atoms with van der Waals surface area (Å²) < 4.78 is 6.78. The number of rotatable bonds is 3. The van der Waals surface area contributed by atoms with E-state index < -0.39 is 8.32 Å². The summed E-state index contributed by atoms with van der Waals surface area (Å²) in [5, 5.41) is 0.803. The van der Waals surface area contributed by atoms with Crippen molar-refractivity contribution >= 4 is 19.9 Å². The second-order valence-corrected chi connectivity index (χ2v) is 13.7. The van der Waals surface area contributed by atoms with Crippen LogP contribution in [0, 0.1) is 0 Å². The Morgan fingerprint density at radius 1 is 1.18 bits per heavy atom. The van der Waals surface area contributed by atoms with Gasteiger partial charge in [-0.2, -0.15) is 0 Å². The summed E-state index contributed by atoms with van der Waals surface area (Å²) in [6.07, 6.45) is 3.43. The molecule has 0 fully saturated rings. The number of pyridine rings is 1. The maximum Gasteiger partial charge on any atom is 0.192 e. The zero-order valence-corrected chi connectivity index (χ0v) is 16.8. The molecule has 4 heteroatoms. The molecule has 0 unspecified atom stereocenters. The van der Waals surface area contributed by atoms with E-state index in [2.05, 4.69) is 58.8 Å². The molecule has 0 aliphatic heterocycles. The lowest BCUT2D eigenvalue weighted by Gasteiger charge is -2.47. The van der Waals surface area contributed by atoms with E-state index in [1.54, 1.807) is 0 Å². The molecule has 0 spiro atoms. The largest absolute Gasteiger partial charge is 0.411 e. The molecule has 1 atom stereocenters. The topological polar surface area (TPSA) is 22.1 Å². The summed E-state index contributed by atoms with van der Waals surface area (Å²) >= 11 is 6.15. The molecule has 1 aliphatic rings. The van der Waals surface area contributed by atoms with Crippen LogP contribution >= 0.6 is 11.6 Å². The molecule has 0 N–H and O–H groups in total. The molecule has 1 aromatic heterocycles. The van der Waals surface area contributed by atoms with Gasteiger partial charge in [0.1, 0.15) is 5.15 Å². The molecule has 2 rings (SSSR count). The third-order valence-electron chi connectivity index (χ3n) is 5.41. The summed E-state index contributed by atoms with van der Waals surface area (Å²) in [5.41, 5.74) is 2.28. The van der Waals surface area contributed by atoms with Crippen LogP contribution in [0.3, 0.4) is 0 Å². The SMILES string of the molecule is CC(C)(O[Si](C)(C)C(C)(C)C)[C@H]1CCCc2ccc(Cl)nc21. The standard InChI is InChI=1S/C18H30ClNOSi/c1-17(2,3)22(6,7)21-18(4,5)14-10-8-9-13-11-12-15(19)20-16(13)14/h11-12,14H,8-10H2,1-7H3/t14-/m0/s1. The van der Waals surface area contributed by atoms with Crippen molar-refractivity contribution in [2.24, 2.45) is 0 Å². The Morgan fingerprint density at radius 3 is 2.41 bits per heavy atom. The summed E-state index contributed by atoms with van der Waals surface area (Å²) in [5.74, 6) is 0.323. The molecule has 22 heavy (non-hydrogen) atoms. The molecular formula is C18H30ClNOSi. The van der Waals surface area contributed by atoms with E-state index in [9.17, 15) is 0 Å². The van der Waals surface area contributed by atoms with Crippen molar-refractivity contribution in [2.75, 3.05) is 0 Å². The number of fused-ring (bicyclic) bond motifs is 1. The maximum absolute atomic E-state index is 6.78. The molecule has 1 heterocycles. The molecule has 1 aliphatic carbocycles. The maximum atomic E-state index is 6.78. The zero-order chi connectivity index (χ0) is 16.8. The fraction of sp³-hybridized carbons (Fsp3) is 0.722. The Hall–Kier alpha value is -0.383. The van der Waals surface area contributed by atoms with Crippen molar-refractivity contribution in [2.45, 2.75) is 83.5 Å². The van der Waals surface area contributed by atoms with Crippen LogP contribution in [-0.2, 0) is 10.8 Å². The predicted octanol–water partition coefficient (Wildman–Crippen LogP) is 5.96. The van der Waals surface area contributed by atoms with Crippen LogP contribution < -0.4 is 0 Å². The number of halogens is 1. The first-order chi connectivity index (χ1) is 9.94. The second kappa shape index (κ2) is 5.92. The van der Waals surface area contributed by atoms with Gasteiger partial charge >= 0.3 is 0 Å². The fourth-order valence-electron chi connectivity index (χ4n) is 3.18. The smallest absolute Gasteiger partial charge is 0.192 e. The van der Waals surface area contributed by atoms with Gasteiger partial charge in [-0.05, 0) is 62.9 Å². The fourth-order valence-corrected chi connectivity index (χ4v) is 5.10. The summed E-state index contributed by atoms with van der Waals surface area (Å²) in [4.78, 5) is 4.65. The highest BCUT2D eigenvalue weighted by Crippen LogP contribution is 2.45. The van der Waals surface area contributed by atoms with Crippen molar-refractivity contribution in [1.82, 2.24) is 4.98 Å². The molecule has 1 aromatic rings. The third-order valence-corrected chi connectivity index (χ3v) is 10.3. The van der Waals surface area contributed by atoms with Gasteiger partial charge in [-0.3, -0.25) is 0 Å². The first-order valence-corrected chi connectivity index (χ1v) is 11.6. The lowest BCUT2D eigenvalue weighted by Crippen LogP contribution is -2.50. The Morgan fingerprint density at radius 2 is 1.82 bits per heavy atom. The number of nitrogens with zero attached hydrogens (tertiary/aromatic N) is 1. The van der Waals surface area contributed by atoms with Gasteiger partial charge in [-0.25, -0.2) is 4.98 Å². The molecular weight excluding hydrogens is 310 g/mol. The van der Waals surface area contributed by atoms with E-state index in [1.165, 1.54) is 12.0 Å².